The first-order chi connectivity index (χ1) is 6.66. The molecule has 0 fully saturated rings. The summed E-state index contributed by atoms with van der Waals surface area (Å²) in [4.78, 5) is 0. The molecule has 14 heavy (non-hydrogen) atoms. The molecule has 2 rings (SSSR count). The van der Waals surface area contributed by atoms with Gasteiger partial charge in [0, 0.05) is 5.56 Å². The third-order valence-corrected chi connectivity index (χ3v) is 2.20. The van der Waals surface area contributed by atoms with Crippen molar-refractivity contribution in [1.29, 1.82) is 0 Å². The number of aromatic amines is 1. The first-order valence-electron chi connectivity index (χ1n) is 4.54. The van der Waals surface area contributed by atoms with Crippen molar-refractivity contribution in [3.8, 4) is 11.1 Å². The molecule has 72 valence electrons. The van der Waals surface area contributed by atoms with E-state index in [0.717, 1.165) is 11.1 Å². The maximum Gasteiger partial charge on any atom is 0.126 e. The highest BCUT2D eigenvalue weighted by Gasteiger charge is 2.04. The molecule has 0 spiro atoms. The molecule has 1 heterocycles. The number of nitrogens with two attached hydrogens (primary N) is 1. The Labute approximate surface area is 83.0 Å². The van der Waals surface area contributed by atoms with Crippen LogP contribution in [0.1, 0.15) is 11.1 Å². The van der Waals surface area contributed by atoms with Crippen LogP contribution >= 0.6 is 0 Å². The van der Waals surface area contributed by atoms with Gasteiger partial charge in [0.1, 0.15) is 5.82 Å². The number of anilines is 1. The van der Waals surface area contributed by atoms with Crippen LogP contribution in [0.4, 0.5) is 5.82 Å². The molecule has 0 unspecified atom stereocenters. The summed E-state index contributed by atoms with van der Waals surface area (Å²) in [6.07, 6.45) is 1.75. The highest BCUT2D eigenvalue weighted by atomic mass is 15.1. The van der Waals surface area contributed by atoms with E-state index >= 15 is 0 Å². The molecule has 0 saturated carbocycles. The van der Waals surface area contributed by atoms with E-state index in [4.69, 9.17) is 5.73 Å². The van der Waals surface area contributed by atoms with Gasteiger partial charge in [-0.15, -0.1) is 0 Å². The Kier molecular flexibility index (Phi) is 2.00. The minimum Gasteiger partial charge on any atom is -0.384 e. The Hall–Kier alpha value is -1.77. The molecule has 3 N–H and O–H groups in total. The monoisotopic (exact) mass is 187 g/mol. The van der Waals surface area contributed by atoms with Crippen molar-refractivity contribution in [2.24, 2.45) is 0 Å². The predicted molar refractivity (Wildman–Crippen MR) is 57.9 cm³/mol. The number of hydrogen-bond acceptors (Lipinski definition) is 2. The minimum absolute atomic E-state index is 0.620. The van der Waals surface area contributed by atoms with Crippen LogP contribution in [0, 0.1) is 13.8 Å². The van der Waals surface area contributed by atoms with Crippen LogP contribution in [-0.2, 0) is 0 Å². The molecule has 1 aromatic heterocycles. The summed E-state index contributed by atoms with van der Waals surface area (Å²) >= 11 is 0. The molecule has 1 aromatic carbocycles. The van der Waals surface area contributed by atoms with E-state index in [1.54, 1.807) is 6.20 Å². The predicted octanol–water partition coefficient (Wildman–Crippen LogP) is 2.28. The molecular weight excluding hydrogens is 174 g/mol. The summed E-state index contributed by atoms with van der Waals surface area (Å²) in [6, 6.07) is 6.35. The molecule has 0 radical (unpaired) electrons. The Morgan fingerprint density at radius 1 is 1.14 bits per heavy atom. The van der Waals surface area contributed by atoms with Crippen LogP contribution in [0.5, 0.6) is 0 Å². The molecule has 2 aromatic rings. The third-order valence-electron chi connectivity index (χ3n) is 2.20. The molecule has 0 aliphatic rings. The zero-order valence-corrected chi connectivity index (χ0v) is 8.33. The van der Waals surface area contributed by atoms with Gasteiger partial charge >= 0.3 is 0 Å². The van der Waals surface area contributed by atoms with E-state index in [1.807, 2.05) is 0 Å². The number of nitrogens with one attached hydrogen (secondary N) is 1. The second-order valence-electron chi connectivity index (χ2n) is 3.57. The van der Waals surface area contributed by atoms with E-state index in [1.165, 1.54) is 11.1 Å². The smallest absolute Gasteiger partial charge is 0.126 e. The van der Waals surface area contributed by atoms with Crippen molar-refractivity contribution in [1.82, 2.24) is 10.2 Å². The lowest BCUT2D eigenvalue weighted by molar-refractivity contribution is 1.10. The fraction of sp³-hybridized carbons (Fsp3) is 0.182. The topological polar surface area (TPSA) is 54.7 Å². The van der Waals surface area contributed by atoms with Crippen molar-refractivity contribution in [2.75, 3.05) is 5.73 Å². The van der Waals surface area contributed by atoms with Gasteiger partial charge in [0.15, 0.2) is 0 Å². The summed E-state index contributed by atoms with van der Waals surface area (Å²) in [6.45, 7) is 4.15. The van der Waals surface area contributed by atoms with E-state index in [2.05, 4.69) is 42.2 Å². The van der Waals surface area contributed by atoms with Gasteiger partial charge < -0.3 is 5.73 Å². The Morgan fingerprint density at radius 2 is 1.79 bits per heavy atom. The van der Waals surface area contributed by atoms with Gasteiger partial charge in [-0.05, 0) is 19.4 Å². The fourth-order valence-electron chi connectivity index (χ4n) is 1.66. The van der Waals surface area contributed by atoms with E-state index in [9.17, 15) is 0 Å². The molecule has 0 amide bonds. The number of rotatable bonds is 1. The SMILES string of the molecule is Cc1cc(C)cc(-c2cn[nH]c2N)c1. The highest BCUT2D eigenvalue weighted by Crippen LogP contribution is 2.25. The van der Waals surface area contributed by atoms with Crippen molar-refractivity contribution in [3.05, 3.63) is 35.5 Å². The molecule has 0 saturated heterocycles. The van der Waals surface area contributed by atoms with Crippen LogP contribution in [0.3, 0.4) is 0 Å². The summed E-state index contributed by atoms with van der Waals surface area (Å²) < 4.78 is 0. The average molecular weight is 187 g/mol. The van der Waals surface area contributed by atoms with Gasteiger partial charge in [-0.1, -0.05) is 29.3 Å². The van der Waals surface area contributed by atoms with Crippen molar-refractivity contribution in [3.63, 3.8) is 0 Å². The van der Waals surface area contributed by atoms with Crippen molar-refractivity contribution in [2.45, 2.75) is 13.8 Å². The van der Waals surface area contributed by atoms with E-state index < -0.39 is 0 Å². The van der Waals surface area contributed by atoms with Gasteiger partial charge in [0.2, 0.25) is 0 Å². The van der Waals surface area contributed by atoms with Crippen LogP contribution in [-0.4, -0.2) is 10.2 Å². The van der Waals surface area contributed by atoms with E-state index in [-0.39, 0.29) is 0 Å². The quantitative estimate of drug-likeness (QED) is 0.719. The maximum atomic E-state index is 5.75. The Morgan fingerprint density at radius 3 is 2.29 bits per heavy atom. The van der Waals surface area contributed by atoms with Crippen LogP contribution in [0.15, 0.2) is 24.4 Å². The number of hydrogen-bond donors (Lipinski definition) is 2. The third kappa shape index (κ3) is 1.48. The molecule has 0 bridgehead atoms. The standard InChI is InChI=1S/C11H13N3/c1-7-3-8(2)5-9(4-7)10-6-13-14-11(10)12/h3-6H,1-2H3,(H3,12,13,14). The lowest BCUT2D eigenvalue weighted by Gasteiger charge is -2.03. The zero-order valence-electron chi connectivity index (χ0n) is 8.33. The lowest BCUT2D eigenvalue weighted by atomic mass is 10.0. The molecule has 0 aliphatic heterocycles. The molecule has 3 heteroatoms. The number of benzene rings is 1. The number of nitrogen functional groups attached to an aromatic ring is 1. The van der Waals surface area contributed by atoms with Gasteiger partial charge in [0.25, 0.3) is 0 Å². The highest BCUT2D eigenvalue weighted by molar-refractivity contribution is 5.73. The number of nitrogens with zero attached hydrogens (tertiary/aromatic N) is 1. The average Bonchev–Trinajstić information content (AvgIpc) is 2.49. The van der Waals surface area contributed by atoms with Crippen molar-refractivity contribution < 1.29 is 0 Å². The van der Waals surface area contributed by atoms with Gasteiger partial charge in [-0.2, -0.15) is 5.10 Å². The van der Waals surface area contributed by atoms with Crippen LogP contribution in [0.25, 0.3) is 11.1 Å². The summed E-state index contributed by atoms with van der Waals surface area (Å²) in [5.74, 6) is 0.620. The van der Waals surface area contributed by atoms with Crippen molar-refractivity contribution >= 4 is 5.82 Å². The molecule has 0 atom stereocenters. The summed E-state index contributed by atoms with van der Waals surface area (Å²) in [5, 5.41) is 6.64. The van der Waals surface area contributed by atoms with E-state index in [0.29, 0.717) is 5.82 Å². The Bertz CT molecular complexity index is 437. The summed E-state index contributed by atoms with van der Waals surface area (Å²) in [7, 11) is 0. The summed E-state index contributed by atoms with van der Waals surface area (Å²) in [5.41, 5.74) is 10.3. The molecular formula is C11H13N3. The number of H-pyrrole nitrogens is 1. The first kappa shape index (κ1) is 8.81. The minimum atomic E-state index is 0.620. The maximum absolute atomic E-state index is 5.75. The first-order valence-corrected chi connectivity index (χ1v) is 4.54. The van der Waals surface area contributed by atoms with Crippen LogP contribution < -0.4 is 5.73 Å². The Balaban J connectivity index is 2.57. The lowest BCUT2D eigenvalue weighted by Crippen LogP contribution is -1.88. The van der Waals surface area contributed by atoms with Gasteiger partial charge in [0.05, 0.1) is 6.20 Å². The second-order valence-corrected chi connectivity index (χ2v) is 3.57. The largest absolute Gasteiger partial charge is 0.384 e. The number of aromatic nitrogens is 2. The number of aryl methyl sites for hydroxylation is 2. The normalized spacial score (nSPS) is 10.4. The van der Waals surface area contributed by atoms with Gasteiger partial charge in [-0.25, -0.2) is 0 Å². The zero-order chi connectivity index (χ0) is 10.1. The van der Waals surface area contributed by atoms with Gasteiger partial charge in [-0.3, -0.25) is 5.10 Å². The molecule has 0 aliphatic carbocycles. The second kappa shape index (κ2) is 3.18. The fourth-order valence-corrected chi connectivity index (χ4v) is 1.66. The van der Waals surface area contributed by atoms with Crippen LogP contribution in [0.2, 0.25) is 0 Å². The molecule has 3 nitrogen and oxygen atoms in total.